The molecule has 2 aromatic heterocycles. The molecule has 1 aliphatic heterocycles. The Hall–Kier alpha value is -3.35. The summed E-state index contributed by atoms with van der Waals surface area (Å²) in [7, 11) is 1.67. The molecule has 7 heteroatoms. The minimum absolute atomic E-state index is 0.0927. The molecule has 1 N–H and O–H groups in total. The van der Waals surface area contributed by atoms with Gasteiger partial charge in [-0.1, -0.05) is 23.7 Å². The van der Waals surface area contributed by atoms with Crippen molar-refractivity contribution in [3.8, 4) is 11.4 Å². The molecule has 2 aromatic carbocycles. The van der Waals surface area contributed by atoms with E-state index in [0.717, 1.165) is 28.5 Å². The summed E-state index contributed by atoms with van der Waals surface area (Å²) >= 11 is 12.3. The second-order valence-electron chi connectivity index (χ2n) is 8.72. The lowest BCUT2D eigenvalue weighted by molar-refractivity contribution is 0.415. The highest BCUT2D eigenvalue weighted by Gasteiger charge is 2.43. The van der Waals surface area contributed by atoms with Crippen molar-refractivity contribution >= 4 is 34.6 Å². The van der Waals surface area contributed by atoms with E-state index in [0.29, 0.717) is 10.1 Å². The molecule has 0 unspecified atom stereocenters. The van der Waals surface area contributed by atoms with Crippen molar-refractivity contribution in [3.05, 3.63) is 106 Å². The molecule has 3 heterocycles. The second kappa shape index (κ2) is 9.36. The van der Waals surface area contributed by atoms with Crippen molar-refractivity contribution in [1.29, 1.82) is 0 Å². The lowest BCUT2D eigenvalue weighted by Crippen LogP contribution is -2.29. The van der Waals surface area contributed by atoms with Crippen LogP contribution in [-0.2, 0) is 0 Å². The van der Waals surface area contributed by atoms with Crippen LogP contribution in [0.4, 0.5) is 5.69 Å². The summed E-state index contributed by atoms with van der Waals surface area (Å²) < 4.78 is 7.66. The third-order valence-electron chi connectivity index (χ3n) is 6.82. The Bertz CT molecular complexity index is 1380. The predicted molar refractivity (Wildman–Crippen MR) is 146 cm³/mol. The summed E-state index contributed by atoms with van der Waals surface area (Å²) in [5, 5.41) is 4.94. The molecule has 4 aromatic rings. The van der Waals surface area contributed by atoms with Gasteiger partial charge in [-0.2, -0.15) is 0 Å². The van der Waals surface area contributed by atoms with Gasteiger partial charge in [0.15, 0.2) is 5.11 Å². The molecule has 0 bridgehead atoms. The van der Waals surface area contributed by atoms with E-state index in [9.17, 15) is 0 Å². The van der Waals surface area contributed by atoms with Crippen molar-refractivity contribution in [2.45, 2.75) is 32.9 Å². The van der Waals surface area contributed by atoms with Crippen LogP contribution in [0, 0.1) is 20.8 Å². The molecular formula is C28H27ClN4OS. The molecule has 0 saturated carbocycles. The highest BCUT2D eigenvalue weighted by Crippen LogP contribution is 2.45. The normalized spacial score (nSPS) is 17.5. The number of ether oxygens (including phenoxy) is 1. The van der Waals surface area contributed by atoms with Crippen LogP contribution >= 0.6 is 23.8 Å². The number of hydrogen-bond acceptors (Lipinski definition) is 3. The SMILES string of the molecule is COc1ccc(N2C(=S)N[C@@H](c3ccccn3)[C@@H]2c2c(C)c(C)n(-c3cccc(Cl)c3)c2C)cc1. The lowest BCUT2D eigenvalue weighted by Gasteiger charge is -2.29. The largest absolute Gasteiger partial charge is 0.497 e. The van der Waals surface area contributed by atoms with Gasteiger partial charge in [0.05, 0.1) is 24.9 Å². The van der Waals surface area contributed by atoms with E-state index < -0.39 is 0 Å². The Morgan fingerprint density at radius 2 is 1.71 bits per heavy atom. The number of pyridine rings is 1. The zero-order valence-electron chi connectivity index (χ0n) is 20.1. The number of aromatic nitrogens is 2. The number of benzene rings is 2. The maximum absolute atomic E-state index is 6.36. The van der Waals surface area contributed by atoms with Crippen molar-refractivity contribution in [1.82, 2.24) is 14.9 Å². The number of halogens is 1. The van der Waals surface area contributed by atoms with Crippen LogP contribution in [0.25, 0.3) is 5.69 Å². The van der Waals surface area contributed by atoms with E-state index in [-0.39, 0.29) is 12.1 Å². The van der Waals surface area contributed by atoms with Crippen molar-refractivity contribution < 1.29 is 4.74 Å². The Morgan fingerprint density at radius 3 is 2.37 bits per heavy atom. The summed E-state index contributed by atoms with van der Waals surface area (Å²) in [4.78, 5) is 6.89. The first-order valence-corrected chi connectivity index (χ1v) is 12.3. The highest BCUT2D eigenvalue weighted by molar-refractivity contribution is 7.80. The van der Waals surface area contributed by atoms with E-state index >= 15 is 0 Å². The summed E-state index contributed by atoms with van der Waals surface area (Å²) in [5.74, 6) is 0.806. The zero-order valence-corrected chi connectivity index (χ0v) is 21.7. The molecule has 0 spiro atoms. The van der Waals surface area contributed by atoms with Crippen LogP contribution in [0.5, 0.6) is 5.75 Å². The van der Waals surface area contributed by atoms with E-state index in [2.05, 4.69) is 47.7 Å². The Labute approximate surface area is 216 Å². The molecule has 5 nitrogen and oxygen atoms in total. The lowest BCUT2D eigenvalue weighted by atomic mass is 9.93. The van der Waals surface area contributed by atoms with Crippen LogP contribution < -0.4 is 15.0 Å². The quantitative estimate of drug-likeness (QED) is 0.310. The topological polar surface area (TPSA) is 42.3 Å². The third-order valence-corrected chi connectivity index (χ3v) is 7.37. The number of anilines is 1. The number of nitrogens with zero attached hydrogens (tertiary/aromatic N) is 3. The molecule has 1 fully saturated rings. The Morgan fingerprint density at radius 1 is 0.943 bits per heavy atom. The fourth-order valence-electron chi connectivity index (χ4n) is 5.11. The molecular weight excluding hydrogens is 476 g/mol. The van der Waals surface area contributed by atoms with Crippen molar-refractivity contribution in [2.24, 2.45) is 0 Å². The summed E-state index contributed by atoms with van der Waals surface area (Å²) in [6.07, 6.45) is 1.83. The van der Waals surface area contributed by atoms with E-state index in [1.165, 1.54) is 16.8 Å². The first-order valence-electron chi connectivity index (χ1n) is 11.5. The van der Waals surface area contributed by atoms with Crippen LogP contribution in [-0.4, -0.2) is 21.8 Å². The third kappa shape index (κ3) is 4.07. The van der Waals surface area contributed by atoms with Gasteiger partial charge in [0.1, 0.15) is 5.75 Å². The zero-order chi connectivity index (χ0) is 24.7. The van der Waals surface area contributed by atoms with Crippen LogP contribution in [0.2, 0.25) is 5.02 Å². The fraction of sp³-hybridized carbons (Fsp3) is 0.214. The first-order chi connectivity index (χ1) is 16.9. The van der Waals surface area contributed by atoms with E-state index in [1.54, 1.807) is 7.11 Å². The fourth-order valence-corrected chi connectivity index (χ4v) is 5.64. The van der Waals surface area contributed by atoms with Gasteiger partial charge < -0.3 is 19.5 Å². The van der Waals surface area contributed by atoms with Gasteiger partial charge in [0.25, 0.3) is 0 Å². The van der Waals surface area contributed by atoms with Crippen LogP contribution in [0.1, 0.15) is 40.3 Å². The van der Waals surface area contributed by atoms with Gasteiger partial charge in [-0.15, -0.1) is 0 Å². The number of methoxy groups -OCH3 is 1. The van der Waals surface area contributed by atoms with Crippen molar-refractivity contribution in [3.63, 3.8) is 0 Å². The Balaban J connectivity index is 1.71. The average Bonchev–Trinajstić information content (AvgIpc) is 3.31. The van der Waals surface area contributed by atoms with Crippen LogP contribution in [0.3, 0.4) is 0 Å². The van der Waals surface area contributed by atoms with Gasteiger partial charge >= 0.3 is 0 Å². The molecule has 0 amide bonds. The maximum Gasteiger partial charge on any atom is 0.174 e. The molecule has 1 saturated heterocycles. The number of nitrogens with one attached hydrogen (secondary N) is 1. The number of hydrogen-bond donors (Lipinski definition) is 1. The van der Waals surface area contributed by atoms with Crippen molar-refractivity contribution in [2.75, 3.05) is 12.0 Å². The van der Waals surface area contributed by atoms with Gasteiger partial charge in [-0.25, -0.2) is 0 Å². The summed E-state index contributed by atoms with van der Waals surface area (Å²) in [6.45, 7) is 6.50. The molecule has 178 valence electrons. The first kappa shape index (κ1) is 23.4. The molecule has 0 aliphatic carbocycles. The number of thiocarbonyl (C=S) groups is 1. The smallest absolute Gasteiger partial charge is 0.174 e. The van der Waals surface area contributed by atoms with Crippen LogP contribution in [0.15, 0.2) is 72.9 Å². The molecule has 35 heavy (non-hydrogen) atoms. The summed E-state index contributed by atoms with van der Waals surface area (Å²) in [6, 6.07) is 21.8. The standard InChI is InChI=1S/C28H27ClN4OS/c1-17-18(2)32(22-9-7-8-20(29)16-22)19(3)25(17)27-26(24-10-5-6-15-30-24)31-28(35)33(27)21-11-13-23(34-4)14-12-21/h5-16,26-27H,1-4H3,(H,31,35)/t26-,27-/m0/s1. The highest BCUT2D eigenvalue weighted by atomic mass is 35.5. The van der Waals surface area contributed by atoms with E-state index in [1.807, 2.05) is 60.8 Å². The van der Waals surface area contributed by atoms with E-state index in [4.69, 9.17) is 33.5 Å². The maximum atomic E-state index is 6.36. The average molecular weight is 503 g/mol. The predicted octanol–water partition coefficient (Wildman–Crippen LogP) is 6.64. The minimum Gasteiger partial charge on any atom is -0.497 e. The monoisotopic (exact) mass is 502 g/mol. The minimum atomic E-state index is -0.113. The van der Waals surface area contributed by atoms with Gasteiger partial charge in [-0.05, 0) is 93.1 Å². The van der Waals surface area contributed by atoms with Gasteiger partial charge in [-0.3, -0.25) is 4.98 Å². The molecule has 1 aliphatic rings. The Kier molecular flexibility index (Phi) is 6.26. The van der Waals surface area contributed by atoms with Gasteiger partial charge in [0, 0.05) is 39.5 Å². The number of rotatable bonds is 5. The molecule has 5 rings (SSSR count). The second-order valence-corrected chi connectivity index (χ2v) is 9.54. The molecule has 0 radical (unpaired) electrons. The summed E-state index contributed by atoms with van der Waals surface area (Å²) in [5.41, 5.74) is 7.76. The van der Waals surface area contributed by atoms with Gasteiger partial charge in [0.2, 0.25) is 0 Å². The molecule has 2 atom stereocenters.